The average molecular weight is 769 g/mol. The number of carbonyl (C=O) groups excluding carboxylic acids is 4. The van der Waals surface area contributed by atoms with Gasteiger partial charge >= 0.3 is 6.09 Å². The molecule has 2 aliphatic heterocycles. The van der Waals surface area contributed by atoms with Crippen LogP contribution in [-0.2, 0) is 30.4 Å². The Morgan fingerprint density at radius 2 is 1.80 bits per heavy atom. The van der Waals surface area contributed by atoms with Gasteiger partial charge in [-0.1, -0.05) is 44.2 Å². The van der Waals surface area contributed by atoms with E-state index in [0.29, 0.717) is 0 Å². The topological polar surface area (TPSA) is 155 Å². The lowest BCUT2D eigenvalue weighted by atomic mass is 9.79. The Kier molecular flexibility index (Phi) is 13.8. The van der Waals surface area contributed by atoms with Crippen molar-refractivity contribution in [2.24, 2.45) is 11.3 Å². The molecule has 2 aliphatic rings. The van der Waals surface area contributed by atoms with Gasteiger partial charge in [-0.25, -0.2) is 22.9 Å². The molecule has 0 aliphatic carbocycles. The van der Waals surface area contributed by atoms with Crippen LogP contribution in [0.4, 0.5) is 18.0 Å². The molecule has 0 bridgehead atoms. The molecule has 0 saturated carbocycles. The van der Waals surface area contributed by atoms with Gasteiger partial charge in [0, 0.05) is 62.6 Å². The van der Waals surface area contributed by atoms with Crippen LogP contribution in [0, 0.1) is 23.0 Å². The minimum atomic E-state index is -1.47. The summed E-state index contributed by atoms with van der Waals surface area (Å²) in [5, 5.41) is 16.3. The Bertz CT molecular complexity index is 1840. The van der Waals surface area contributed by atoms with Crippen molar-refractivity contribution in [2.75, 3.05) is 52.5 Å². The first-order valence-corrected chi connectivity index (χ1v) is 18.2. The van der Waals surface area contributed by atoms with Crippen molar-refractivity contribution >= 4 is 23.8 Å². The van der Waals surface area contributed by atoms with E-state index in [2.05, 4.69) is 10.6 Å². The molecule has 0 radical (unpaired) electrons. The Morgan fingerprint density at radius 3 is 2.47 bits per heavy atom. The highest BCUT2D eigenvalue weighted by atomic mass is 19.1. The van der Waals surface area contributed by atoms with Crippen LogP contribution in [0.1, 0.15) is 44.6 Å². The van der Waals surface area contributed by atoms with E-state index in [1.807, 2.05) is 44.2 Å². The molecule has 4 amide bonds. The number of carbonyl (C=O) groups is 4. The minimum absolute atomic E-state index is 0.0748. The zero-order valence-corrected chi connectivity index (χ0v) is 31.1. The number of hydrogen-bond donors (Lipinski definition) is 3. The number of alkyl carbamates (subject to hydrolysis) is 1. The van der Waals surface area contributed by atoms with Crippen molar-refractivity contribution in [3.63, 3.8) is 0 Å². The van der Waals surface area contributed by atoms with Gasteiger partial charge in [0.15, 0.2) is 0 Å². The summed E-state index contributed by atoms with van der Waals surface area (Å²) in [6.45, 7) is 5.70. The number of alkyl halides is 1. The number of nitrogens with one attached hydrogen (secondary N) is 2. The number of aliphatic hydroxyl groups is 1. The monoisotopic (exact) mass is 768 g/mol. The normalized spacial score (nSPS) is 18.1. The lowest BCUT2D eigenvalue weighted by Gasteiger charge is -2.43. The predicted molar refractivity (Wildman–Crippen MR) is 195 cm³/mol. The number of halogens is 3. The van der Waals surface area contributed by atoms with Gasteiger partial charge in [0.1, 0.15) is 29.7 Å². The van der Waals surface area contributed by atoms with E-state index in [-0.39, 0.29) is 82.6 Å². The number of ether oxygens (including phenoxy) is 2. The lowest BCUT2D eigenvalue weighted by Crippen LogP contribution is -2.50. The van der Waals surface area contributed by atoms with Gasteiger partial charge in [-0.05, 0) is 42.5 Å². The number of benzene rings is 2. The number of hydrogen-bond acceptors (Lipinski definition) is 9. The van der Waals surface area contributed by atoms with Gasteiger partial charge in [0.05, 0.1) is 38.1 Å². The van der Waals surface area contributed by atoms with E-state index in [0.717, 1.165) is 28.7 Å². The zero-order valence-electron chi connectivity index (χ0n) is 31.1. The van der Waals surface area contributed by atoms with Crippen molar-refractivity contribution < 1.29 is 46.9 Å². The number of nitrogens with zero attached hydrogens (tertiary/aromatic N) is 4. The first-order chi connectivity index (χ1) is 26.2. The quantitative estimate of drug-likeness (QED) is 0.130. The Hall–Kier alpha value is -5.06. The molecule has 3 heterocycles. The number of amides is 4. The third kappa shape index (κ3) is 10.6. The molecule has 3 N–H and O–H groups in total. The molecule has 13 nitrogen and oxygen atoms in total. The second-order valence-electron chi connectivity index (χ2n) is 14.3. The smallest absolute Gasteiger partial charge is 0.407 e. The maximum absolute atomic E-state index is 15.2. The maximum atomic E-state index is 15.2. The summed E-state index contributed by atoms with van der Waals surface area (Å²) in [5.41, 5.74) is -0.129. The van der Waals surface area contributed by atoms with Crippen molar-refractivity contribution in [3.8, 4) is 11.3 Å². The van der Waals surface area contributed by atoms with Crippen LogP contribution in [0.2, 0.25) is 0 Å². The van der Waals surface area contributed by atoms with Gasteiger partial charge in [0.2, 0.25) is 0 Å². The number of aliphatic hydroxyl groups excluding tert-OH is 1. The standard InChI is InChI=1S/C39H47F3N6O7/c1-25(49)37(52)48(23-27-20-43-21-31(27)42)35(39(2,3)13-16-55-38(53)44-14-17-54-18-15-47-33(50)11-12-34(47)51)36-45-32(29-19-28(40)9-10-30(29)41)24-46(36)22-26-7-5-4-6-8-26/h4-12,19,24-25,27,31,35,43,49H,13-18,20-23H2,1-3H3,(H,44,53)/t25-,27-,31-,35-/m0/s1. The Labute approximate surface area is 317 Å². The highest BCUT2D eigenvalue weighted by Crippen LogP contribution is 2.43. The summed E-state index contributed by atoms with van der Waals surface area (Å²) >= 11 is 0. The average Bonchev–Trinajstić information content (AvgIpc) is 3.84. The molecule has 1 saturated heterocycles. The summed E-state index contributed by atoms with van der Waals surface area (Å²) in [4.78, 5) is 57.2. The predicted octanol–water partition coefficient (Wildman–Crippen LogP) is 3.77. The highest BCUT2D eigenvalue weighted by Gasteiger charge is 2.44. The van der Waals surface area contributed by atoms with Crippen LogP contribution in [0.5, 0.6) is 0 Å². The van der Waals surface area contributed by atoms with E-state index in [1.54, 1.807) is 10.8 Å². The van der Waals surface area contributed by atoms with Crippen LogP contribution in [0.25, 0.3) is 11.3 Å². The number of imidazole rings is 1. The van der Waals surface area contributed by atoms with Crippen molar-refractivity contribution in [3.05, 3.63) is 89.9 Å². The molecule has 0 spiro atoms. The molecule has 1 fully saturated rings. The van der Waals surface area contributed by atoms with Gasteiger partial charge < -0.3 is 34.7 Å². The van der Waals surface area contributed by atoms with E-state index < -0.39 is 65.1 Å². The SMILES string of the molecule is C[C@H](O)C(=O)N(C[C@@H]1CNC[C@@H]1F)[C@@H](c1nc(-c2cc(F)ccc2F)cn1Cc1ccccc1)C(C)(C)CCOC(=O)NCCOCCN1C(=O)C=CC1=O. The summed E-state index contributed by atoms with van der Waals surface area (Å²) in [5.74, 6) is -3.23. The van der Waals surface area contributed by atoms with Crippen LogP contribution in [-0.4, -0.2) is 113 Å². The van der Waals surface area contributed by atoms with E-state index in [4.69, 9.17) is 14.5 Å². The molecule has 0 unspecified atom stereocenters. The van der Waals surface area contributed by atoms with Gasteiger partial charge in [-0.3, -0.25) is 19.3 Å². The molecule has 55 heavy (non-hydrogen) atoms. The molecule has 3 aromatic rings. The van der Waals surface area contributed by atoms with E-state index >= 15 is 8.78 Å². The Balaban J connectivity index is 1.39. The molecule has 2 aromatic carbocycles. The first-order valence-electron chi connectivity index (χ1n) is 18.2. The van der Waals surface area contributed by atoms with Gasteiger partial charge in [-0.15, -0.1) is 0 Å². The summed E-state index contributed by atoms with van der Waals surface area (Å²) < 4.78 is 57.4. The second kappa shape index (κ2) is 18.5. The Morgan fingerprint density at radius 1 is 1.07 bits per heavy atom. The van der Waals surface area contributed by atoms with Crippen molar-refractivity contribution in [1.82, 2.24) is 30.0 Å². The largest absolute Gasteiger partial charge is 0.450 e. The molecule has 4 atom stereocenters. The third-order valence-electron chi connectivity index (χ3n) is 9.69. The van der Waals surface area contributed by atoms with E-state index in [9.17, 15) is 28.7 Å². The summed E-state index contributed by atoms with van der Waals surface area (Å²) in [7, 11) is 0. The van der Waals surface area contributed by atoms with Crippen LogP contribution in [0.15, 0.2) is 66.9 Å². The fourth-order valence-electron chi connectivity index (χ4n) is 6.71. The highest BCUT2D eigenvalue weighted by molar-refractivity contribution is 6.12. The second-order valence-corrected chi connectivity index (χ2v) is 14.3. The summed E-state index contributed by atoms with van der Waals surface area (Å²) in [6.07, 6.45) is 0.612. The van der Waals surface area contributed by atoms with Gasteiger partial charge in [-0.2, -0.15) is 0 Å². The third-order valence-corrected chi connectivity index (χ3v) is 9.69. The van der Waals surface area contributed by atoms with E-state index in [1.165, 1.54) is 24.0 Å². The molecule has 296 valence electrons. The van der Waals surface area contributed by atoms with Crippen molar-refractivity contribution in [2.45, 2.75) is 52.1 Å². The molecular weight excluding hydrogens is 721 g/mol. The maximum Gasteiger partial charge on any atom is 0.407 e. The zero-order chi connectivity index (χ0) is 39.7. The molecule has 5 rings (SSSR count). The van der Waals surface area contributed by atoms with Crippen LogP contribution in [0.3, 0.4) is 0 Å². The lowest BCUT2D eigenvalue weighted by molar-refractivity contribution is -0.146. The summed E-state index contributed by atoms with van der Waals surface area (Å²) in [6, 6.07) is 11.4. The number of imide groups is 1. The number of aromatic nitrogens is 2. The van der Waals surface area contributed by atoms with Crippen LogP contribution >= 0.6 is 0 Å². The molecule has 16 heteroatoms. The molecule has 1 aromatic heterocycles. The first kappa shape index (κ1) is 41.1. The minimum Gasteiger partial charge on any atom is -0.450 e. The van der Waals surface area contributed by atoms with Crippen molar-refractivity contribution in [1.29, 1.82) is 0 Å². The fourth-order valence-corrected chi connectivity index (χ4v) is 6.71. The van der Waals surface area contributed by atoms with Gasteiger partial charge in [0.25, 0.3) is 17.7 Å². The van der Waals surface area contributed by atoms with Crippen LogP contribution < -0.4 is 10.6 Å². The number of rotatable bonds is 18. The molecular formula is C39H47F3N6O7. The fraction of sp³-hybridized carbons (Fsp3) is 0.462.